The van der Waals surface area contributed by atoms with Crippen molar-refractivity contribution >= 4 is 17.5 Å². The van der Waals surface area contributed by atoms with Crippen LogP contribution < -0.4 is 16.4 Å². The number of benzene rings is 1. The van der Waals surface area contributed by atoms with E-state index in [1.807, 2.05) is 32.0 Å². The molecule has 2 amide bonds. The maximum Gasteiger partial charge on any atom is 0.228 e. The van der Waals surface area contributed by atoms with E-state index < -0.39 is 5.54 Å². The Morgan fingerprint density at radius 1 is 1.47 bits per heavy atom. The highest BCUT2D eigenvalue weighted by Crippen LogP contribution is 2.23. The quantitative estimate of drug-likeness (QED) is 0.753. The highest BCUT2D eigenvalue weighted by Gasteiger charge is 2.18. The lowest BCUT2D eigenvalue weighted by Gasteiger charge is -2.17. The number of amides is 2. The number of nitrogens with two attached hydrogens (primary N) is 1. The van der Waals surface area contributed by atoms with E-state index in [1.54, 1.807) is 0 Å². The molecule has 0 aliphatic carbocycles. The predicted octanol–water partition coefficient (Wildman–Crippen LogP) is 0.925. The van der Waals surface area contributed by atoms with Gasteiger partial charge in [0.25, 0.3) is 0 Å². The van der Waals surface area contributed by atoms with Gasteiger partial charge < -0.3 is 16.4 Å². The van der Waals surface area contributed by atoms with Gasteiger partial charge in [-0.2, -0.15) is 0 Å². The fraction of sp³-hybridized carbons (Fsp3) is 0.429. The molecule has 19 heavy (non-hydrogen) atoms. The smallest absolute Gasteiger partial charge is 0.228 e. The van der Waals surface area contributed by atoms with Crippen molar-refractivity contribution in [1.82, 2.24) is 5.32 Å². The average Bonchev–Trinajstić information content (AvgIpc) is 2.63. The molecular formula is C14H19N3O2. The molecule has 1 heterocycles. The molecule has 0 bridgehead atoms. The molecule has 0 atom stereocenters. The van der Waals surface area contributed by atoms with Gasteiger partial charge in [0.1, 0.15) is 0 Å². The van der Waals surface area contributed by atoms with Gasteiger partial charge in [-0.05, 0) is 31.0 Å². The van der Waals surface area contributed by atoms with E-state index in [-0.39, 0.29) is 18.2 Å². The number of hydrogen-bond acceptors (Lipinski definition) is 3. The standard InChI is InChI=1S/C14H19N3O2/c1-14(2,15)7-13(19)16-8-9-3-4-11-10(5-9)6-12(18)17-11/h3-5H,6-8,15H2,1-2H3,(H,16,19)(H,17,18). The van der Waals surface area contributed by atoms with Crippen molar-refractivity contribution in [2.75, 3.05) is 5.32 Å². The van der Waals surface area contributed by atoms with E-state index in [9.17, 15) is 9.59 Å². The molecule has 0 saturated carbocycles. The molecule has 0 unspecified atom stereocenters. The van der Waals surface area contributed by atoms with E-state index in [2.05, 4.69) is 10.6 Å². The molecule has 0 spiro atoms. The first-order chi connectivity index (χ1) is 8.83. The molecule has 1 aliphatic rings. The molecule has 2 rings (SSSR count). The van der Waals surface area contributed by atoms with E-state index in [4.69, 9.17) is 5.73 Å². The largest absolute Gasteiger partial charge is 0.352 e. The van der Waals surface area contributed by atoms with Crippen molar-refractivity contribution in [3.05, 3.63) is 29.3 Å². The summed E-state index contributed by atoms with van der Waals surface area (Å²) in [6, 6.07) is 5.72. The molecule has 102 valence electrons. The second kappa shape index (κ2) is 5.01. The summed E-state index contributed by atoms with van der Waals surface area (Å²) in [6.45, 7) is 4.09. The van der Waals surface area contributed by atoms with Crippen LogP contribution in [0.3, 0.4) is 0 Å². The Bertz CT molecular complexity index is 518. The minimum Gasteiger partial charge on any atom is -0.352 e. The van der Waals surface area contributed by atoms with Gasteiger partial charge in [0.15, 0.2) is 0 Å². The third-order valence-electron chi connectivity index (χ3n) is 2.90. The molecule has 0 fully saturated rings. The Labute approximate surface area is 112 Å². The predicted molar refractivity (Wildman–Crippen MR) is 73.5 cm³/mol. The average molecular weight is 261 g/mol. The first-order valence-electron chi connectivity index (χ1n) is 6.31. The fourth-order valence-corrected chi connectivity index (χ4v) is 2.07. The monoisotopic (exact) mass is 261 g/mol. The summed E-state index contributed by atoms with van der Waals surface area (Å²) in [7, 11) is 0. The first-order valence-corrected chi connectivity index (χ1v) is 6.31. The zero-order valence-corrected chi connectivity index (χ0v) is 11.2. The Balaban J connectivity index is 1.93. The molecule has 5 nitrogen and oxygen atoms in total. The summed E-state index contributed by atoms with van der Waals surface area (Å²) in [5.41, 5.74) is 8.12. The van der Waals surface area contributed by atoms with Gasteiger partial charge in [0.05, 0.1) is 6.42 Å². The lowest BCUT2D eigenvalue weighted by atomic mass is 10.0. The van der Waals surface area contributed by atoms with Crippen LogP contribution in [-0.4, -0.2) is 17.4 Å². The van der Waals surface area contributed by atoms with E-state index in [1.165, 1.54) is 0 Å². The molecule has 1 aromatic carbocycles. The van der Waals surface area contributed by atoms with Crippen LogP contribution in [0.5, 0.6) is 0 Å². The SMILES string of the molecule is CC(C)(N)CC(=O)NCc1ccc2c(c1)CC(=O)N2. The normalized spacial score (nSPS) is 13.9. The zero-order valence-electron chi connectivity index (χ0n) is 11.2. The minimum atomic E-state index is -0.502. The number of nitrogens with one attached hydrogen (secondary N) is 2. The van der Waals surface area contributed by atoms with Crippen LogP contribution in [0, 0.1) is 0 Å². The minimum absolute atomic E-state index is 0.0149. The molecule has 4 N–H and O–H groups in total. The number of rotatable bonds is 4. The summed E-state index contributed by atoms with van der Waals surface area (Å²) in [5, 5.41) is 5.61. The summed E-state index contributed by atoms with van der Waals surface area (Å²) >= 11 is 0. The topological polar surface area (TPSA) is 84.2 Å². The molecule has 0 radical (unpaired) electrons. The number of carbonyl (C=O) groups is 2. The zero-order chi connectivity index (χ0) is 14.0. The number of hydrogen-bond donors (Lipinski definition) is 3. The van der Waals surface area contributed by atoms with Gasteiger partial charge in [-0.3, -0.25) is 9.59 Å². The second-order valence-corrected chi connectivity index (χ2v) is 5.66. The van der Waals surface area contributed by atoms with Crippen molar-refractivity contribution in [1.29, 1.82) is 0 Å². The maximum atomic E-state index is 11.7. The van der Waals surface area contributed by atoms with Crippen LogP contribution >= 0.6 is 0 Å². The Morgan fingerprint density at radius 2 is 2.21 bits per heavy atom. The molecular weight excluding hydrogens is 242 g/mol. The molecule has 1 aliphatic heterocycles. The Morgan fingerprint density at radius 3 is 2.89 bits per heavy atom. The summed E-state index contributed by atoms with van der Waals surface area (Å²) in [4.78, 5) is 22.9. The number of carbonyl (C=O) groups excluding carboxylic acids is 2. The number of fused-ring (bicyclic) bond motifs is 1. The first kappa shape index (κ1) is 13.5. The van der Waals surface area contributed by atoms with Gasteiger partial charge >= 0.3 is 0 Å². The summed E-state index contributed by atoms with van der Waals surface area (Å²) in [6.07, 6.45) is 0.699. The van der Waals surface area contributed by atoms with Gasteiger partial charge in [0.2, 0.25) is 11.8 Å². The third kappa shape index (κ3) is 3.79. The summed E-state index contributed by atoms with van der Waals surface area (Å²) in [5.74, 6) is -0.0525. The molecule has 0 aromatic heterocycles. The second-order valence-electron chi connectivity index (χ2n) is 5.66. The maximum absolute atomic E-state index is 11.7. The van der Waals surface area contributed by atoms with Crippen LogP contribution in [0.25, 0.3) is 0 Å². The molecule has 5 heteroatoms. The van der Waals surface area contributed by atoms with Crippen LogP contribution in [0.1, 0.15) is 31.4 Å². The molecule has 0 saturated heterocycles. The fourth-order valence-electron chi connectivity index (χ4n) is 2.07. The Kier molecular flexibility index (Phi) is 3.57. The van der Waals surface area contributed by atoms with Crippen molar-refractivity contribution in [3.8, 4) is 0 Å². The van der Waals surface area contributed by atoms with Crippen LogP contribution in [0.2, 0.25) is 0 Å². The highest BCUT2D eigenvalue weighted by molar-refractivity contribution is 5.99. The van der Waals surface area contributed by atoms with Gasteiger partial charge in [-0.15, -0.1) is 0 Å². The van der Waals surface area contributed by atoms with E-state index >= 15 is 0 Å². The van der Waals surface area contributed by atoms with Crippen LogP contribution in [0.4, 0.5) is 5.69 Å². The number of anilines is 1. The van der Waals surface area contributed by atoms with Crippen LogP contribution in [0.15, 0.2) is 18.2 Å². The Hall–Kier alpha value is -1.88. The lowest BCUT2D eigenvalue weighted by molar-refractivity contribution is -0.122. The van der Waals surface area contributed by atoms with Crippen molar-refractivity contribution in [2.24, 2.45) is 5.73 Å². The third-order valence-corrected chi connectivity index (χ3v) is 2.90. The molecule has 1 aromatic rings. The summed E-state index contributed by atoms with van der Waals surface area (Å²) < 4.78 is 0. The van der Waals surface area contributed by atoms with Crippen molar-refractivity contribution in [2.45, 2.75) is 38.8 Å². The van der Waals surface area contributed by atoms with Gasteiger partial charge in [-0.1, -0.05) is 12.1 Å². The van der Waals surface area contributed by atoms with E-state index in [0.29, 0.717) is 13.0 Å². The lowest BCUT2D eigenvalue weighted by Crippen LogP contribution is -2.38. The van der Waals surface area contributed by atoms with Crippen LogP contribution in [-0.2, 0) is 22.6 Å². The van der Waals surface area contributed by atoms with Gasteiger partial charge in [-0.25, -0.2) is 0 Å². The van der Waals surface area contributed by atoms with Crippen molar-refractivity contribution < 1.29 is 9.59 Å². The highest BCUT2D eigenvalue weighted by atomic mass is 16.2. The van der Waals surface area contributed by atoms with Gasteiger partial charge in [0, 0.05) is 24.2 Å². The van der Waals surface area contributed by atoms with Crippen molar-refractivity contribution in [3.63, 3.8) is 0 Å². The van der Waals surface area contributed by atoms with E-state index in [0.717, 1.165) is 16.8 Å².